The molecule has 4 N–H and O–H groups in total. The number of aliphatic hydroxyl groups excluding tert-OH is 3. The largest absolute Gasteiger partial charge is 0.481 e. The molecule has 9 nitrogen and oxygen atoms in total. The summed E-state index contributed by atoms with van der Waals surface area (Å²) in [5.74, 6) is 1.19. The summed E-state index contributed by atoms with van der Waals surface area (Å²) < 4.78 is 22.5. The third-order valence-corrected chi connectivity index (χ3v) is 5.01. The van der Waals surface area contributed by atoms with Crippen LogP contribution < -0.4 is 0 Å². The SMILES string of the molecule is CC(C)CCOCC(COCCCSCCC(=O)O)OCC(CO)OCC(O)CO. The Morgan fingerprint density at radius 2 is 1.57 bits per heavy atom. The van der Waals surface area contributed by atoms with E-state index < -0.39 is 24.8 Å². The average Bonchev–Trinajstić information content (AvgIpc) is 2.71. The molecular formula is C20H40O9S. The summed E-state index contributed by atoms with van der Waals surface area (Å²) in [5.41, 5.74) is 0. The Bertz CT molecular complexity index is 398. The summed E-state index contributed by atoms with van der Waals surface area (Å²) in [7, 11) is 0. The summed E-state index contributed by atoms with van der Waals surface area (Å²) in [6.45, 7) is 5.45. The van der Waals surface area contributed by atoms with E-state index in [-0.39, 0.29) is 32.3 Å². The summed E-state index contributed by atoms with van der Waals surface area (Å²) in [6, 6.07) is 0. The Balaban J connectivity index is 4.17. The van der Waals surface area contributed by atoms with Gasteiger partial charge in [-0.2, -0.15) is 11.8 Å². The van der Waals surface area contributed by atoms with Crippen molar-refractivity contribution < 1.29 is 44.2 Å². The van der Waals surface area contributed by atoms with Crippen molar-refractivity contribution in [1.29, 1.82) is 0 Å². The van der Waals surface area contributed by atoms with Crippen LogP contribution in [0.4, 0.5) is 0 Å². The lowest BCUT2D eigenvalue weighted by molar-refractivity contribution is -0.136. The normalized spacial score (nSPS) is 14.7. The van der Waals surface area contributed by atoms with E-state index in [1.54, 1.807) is 11.8 Å². The Hall–Kier alpha value is -0.460. The first-order valence-corrected chi connectivity index (χ1v) is 11.6. The first-order valence-electron chi connectivity index (χ1n) is 10.5. The van der Waals surface area contributed by atoms with Crippen molar-refractivity contribution in [2.45, 2.75) is 51.4 Å². The maximum Gasteiger partial charge on any atom is 0.304 e. The van der Waals surface area contributed by atoms with Crippen molar-refractivity contribution in [3.63, 3.8) is 0 Å². The van der Waals surface area contributed by atoms with Crippen LogP contribution in [0.15, 0.2) is 0 Å². The zero-order chi connectivity index (χ0) is 22.6. The molecule has 0 heterocycles. The Kier molecular flexibility index (Phi) is 20.1. The molecule has 0 bridgehead atoms. The van der Waals surface area contributed by atoms with Gasteiger partial charge in [-0.15, -0.1) is 0 Å². The second-order valence-electron chi connectivity index (χ2n) is 7.37. The van der Waals surface area contributed by atoms with Crippen molar-refractivity contribution in [3.8, 4) is 0 Å². The average molecular weight is 457 g/mol. The highest BCUT2D eigenvalue weighted by molar-refractivity contribution is 7.99. The van der Waals surface area contributed by atoms with E-state index in [0.717, 1.165) is 18.6 Å². The lowest BCUT2D eigenvalue weighted by Gasteiger charge is -2.22. The van der Waals surface area contributed by atoms with E-state index in [0.29, 0.717) is 38.1 Å². The highest BCUT2D eigenvalue weighted by Gasteiger charge is 2.16. The number of hydrogen-bond acceptors (Lipinski definition) is 9. The van der Waals surface area contributed by atoms with Crippen LogP contribution in [0.1, 0.15) is 33.1 Å². The number of rotatable bonds is 22. The fourth-order valence-electron chi connectivity index (χ4n) is 2.11. The smallest absolute Gasteiger partial charge is 0.304 e. The summed E-state index contributed by atoms with van der Waals surface area (Å²) in [6.07, 6.45) is -0.00787. The molecule has 180 valence electrons. The van der Waals surface area contributed by atoms with Gasteiger partial charge in [-0.05, 0) is 24.5 Å². The molecule has 0 radical (unpaired) electrons. The Morgan fingerprint density at radius 1 is 0.900 bits per heavy atom. The van der Waals surface area contributed by atoms with E-state index in [1.807, 2.05) is 0 Å². The van der Waals surface area contributed by atoms with E-state index >= 15 is 0 Å². The monoisotopic (exact) mass is 456 g/mol. The summed E-state index contributed by atoms with van der Waals surface area (Å²) >= 11 is 1.59. The van der Waals surface area contributed by atoms with Gasteiger partial charge in [0.25, 0.3) is 0 Å². The highest BCUT2D eigenvalue weighted by atomic mass is 32.2. The van der Waals surface area contributed by atoms with E-state index in [4.69, 9.17) is 29.2 Å². The molecule has 0 aromatic rings. The van der Waals surface area contributed by atoms with Crippen molar-refractivity contribution >= 4 is 17.7 Å². The van der Waals surface area contributed by atoms with Gasteiger partial charge in [-0.3, -0.25) is 4.79 Å². The number of hydrogen-bond donors (Lipinski definition) is 4. The zero-order valence-electron chi connectivity index (χ0n) is 18.2. The first kappa shape index (κ1) is 29.5. The molecule has 0 amide bonds. The molecule has 0 aliphatic carbocycles. The molecule has 0 fully saturated rings. The Morgan fingerprint density at radius 3 is 2.17 bits per heavy atom. The lowest BCUT2D eigenvalue weighted by Crippen LogP contribution is -2.34. The van der Waals surface area contributed by atoms with Gasteiger partial charge in [0.1, 0.15) is 18.3 Å². The van der Waals surface area contributed by atoms with Crippen LogP contribution >= 0.6 is 11.8 Å². The number of carboxylic acids is 1. The molecule has 0 aromatic heterocycles. The van der Waals surface area contributed by atoms with Crippen LogP contribution in [-0.2, 0) is 23.7 Å². The van der Waals surface area contributed by atoms with E-state index in [2.05, 4.69) is 13.8 Å². The number of carboxylic acid groups (broad SMARTS) is 1. The van der Waals surface area contributed by atoms with Crippen LogP contribution in [0.3, 0.4) is 0 Å². The van der Waals surface area contributed by atoms with Crippen molar-refractivity contribution in [1.82, 2.24) is 0 Å². The molecule has 30 heavy (non-hydrogen) atoms. The zero-order valence-corrected chi connectivity index (χ0v) is 19.1. The van der Waals surface area contributed by atoms with Gasteiger partial charge in [0, 0.05) is 19.0 Å². The molecular weight excluding hydrogens is 416 g/mol. The van der Waals surface area contributed by atoms with Crippen LogP contribution in [0.2, 0.25) is 0 Å². The molecule has 0 saturated heterocycles. The van der Waals surface area contributed by atoms with Crippen molar-refractivity contribution in [2.75, 3.05) is 64.4 Å². The van der Waals surface area contributed by atoms with Gasteiger partial charge in [0.2, 0.25) is 0 Å². The van der Waals surface area contributed by atoms with Crippen LogP contribution in [0.25, 0.3) is 0 Å². The molecule has 0 aliphatic rings. The third-order valence-electron chi connectivity index (χ3n) is 3.94. The number of ether oxygens (including phenoxy) is 4. The maximum absolute atomic E-state index is 10.5. The summed E-state index contributed by atoms with van der Waals surface area (Å²) in [4.78, 5) is 10.5. The second kappa shape index (κ2) is 20.4. The molecule has 3 atom stereocenters. The quantitative estimate of drug-likeness (QED) is 0.173. The number of aliphatic hydroxyl groups is 3. The Labute approximate surface area is 184 Å². The molecule has 0 saturated carbocycles. The predicted molar refractivity (Wildman–Crippen MR) is 115 cm³/mol. The van der Waals surface area contributed by atoms with Crippen molar-refractivity contribution in [3.05, 3.63) is 0 Å². The molecule has 0 aliphatic heterocycles. The van der Waals surface area contributed by atoms with E-state index in [1.165, 1.54) is 0 Å². The van der Waals surface area contributed by atoms with Crippen LogP contribution in [-0.4, -0.2) is 109 Å². The van der Waals surface area contributed by atoms with Gasteiger partial charge >= 0.3 is 5.97 Å². The fraction of sp³-hybridized carbons (Fsp3) is 0.950. The fourth-order valence-corrected chi connectivity index (χ4v) is 2.96. The minimum atomic E-state index is -0.995. The molecule has 0 spiro atoms. The van der Waals surface area contributed by atoms with Gasteiger partial charge in [-0.25, -0.2) is 0 Å². The van der Waals surface area contributed by atoms with Gasteiger partial charge in [-0.1, -0.05) is 13.8 Å². The van der Waals surface area contributed by atoms with Gasteiger partial charge in [0.15, 0.2) is 0 Å². The molecule has 0 aromatic carbocycles. The van der Waals surface area contributed by atoms with Crippen LogP contribution in [0.5, 0.6) is 0 Å². The highest BCUT2D eigenvalue weighted by Crippen LogP contribution is 2.06. The standard InChI is InChI=1S/C20H40O9S/c1-16(2)4-7-27-14-19(13-26-6-3-8-30-9-5-20(24)25)29-15-18(11-22)28-12-17(23)10-21/h16-19,21-23H,3-15H2,1-2H3,(H,24,25). The minimum absolute atomic E-state index is 0.0866. The number of aliphatic carboxylic acids is 1. The number of thioether (sulfide) groups is 1. The van der Waals surface area contributed by atoms with Crippen LogP contribution in [0, 0.1) is 5.92 Å². The number of carbonyl (C=O) groups is 1. The third kappa shape index (κ3) is 19.5. The minimum Gasteiger partial charge on any atom is -0.481 e. The predicted octanol–water partition coefficient (Wildman–Crippen LogP) is 0.780. The maximum atomic E-state index is 10.5. The topological polar surface area (TPSA) is 135 Å². The first-order chi connectivity index (χ1) is 14.4. The van der Waals surface area contributed by atoms with Crippen molar-refractivity contribution in [2.24, 2.45) is 5.92 Å². The second-order valence-corrected chi connectivity index (χ2v) is 8.60. The van der Waals surface area contributed by atoms with E-state index in [9.17, 15) is 15.0 Å². The molecule has 10 heteroatoms. The van der Waals surface area contributed by atoms with Gasteiger partial charge in [0.05, 0.1) is 46.1 Å². The lowest BCUT2D eigenvalue weighted by atomic mass is 10.1. The van der Waals surface area contributed by atoms with Gasteiger partial charge < -0.3 is 39.4 Å². The summed E-state index contributed by atoms with van der Waals surface area (Å²) in [5, 5.41) is 36.2. The molecule has 0 rings (SSSR count). The molecule has 3 unspecified atom stereocenters.